The van der Waals surface area contributed by atoms with Gasteiger partial charge in [-0.15, -0.1) is 0 Å². The molecule has 0 unspecified atom stereocenters. The third kappa shape index (κ3) is 6.48. The summed E-state index contributed by atoms with van der Waals surface area (Å²) in [5, 5.41) is 11.3. The summed E-state index contributed by atoms with van der Waals surface area (Å²) in [5.74, 6) is 1.29. The lowest BCUT2D eigenvalue weighted by atomic mass is 10.2. The number of aliphatic carboxylic acids is 1. The van der Waals surface area contributed by atoms with E-state index in [0.717, 1.165) is 24.5 Å². The van der Waals surface area contributed by atoms with E-state index in [4.69, 9.17) is 5.11 Å². The molecule has 0 fully saturated rings. The molecule has 0 spiro atoms. The normalized spacial score (nSPS) is 10.2. The van der Waals surface area contributed by atoms with Gasteiger partial charge < -0.3 is 10.4 Å². The first-order chi connectivity index (χ1) is 7.79. The maximum atomic E-state index is 10.2. The Hall–Kier alpha value is -1.00. The first kappa shape index (κ1) is 13.1. The first-order valence-corrected chi connectivity index (χ1v) is 6.48. The highest BCUT2D eigenvalue weighted by Gasteiger charge is 1.95. The van der Waals surface area contributed by atoms with Gasteiger partial charge in [0.05, 0.1) is 6.54 Å². The molecule has 0 aliphatic heterocycles. The number of carboxylic acids is 1. The molecule has 88 valence electrons. The van der Waals surface area contributed by atoms with Crippen molar-refractivity contribution in [3.05, 3.63) is 35.9 Å². The van der Waals surface area contributed by atoms with E-state index in [1.54, 1.807) is 0 Å². The molecule has 1 rings (SSSR count). The van der Waals surface area contributed by atoms with E-state index in [1.165, 1.54) is 5.56 Å². The Balaban J connectivity index is 1.94. The highest BCUT2D eigenvalue weighted by molar-refractivity contribution is 7.98. The van der Waals surface area contributed by atoms with Gasteiger partial charge in [0.25, 0.3) is 0 Å². The fourth-order valence-corrected chi connectivity index (χ4v) is 2.18. The number of hydrogen-bond acceptors (Lipinski definition) is 3. The summed E-state index contributed by atoms with van der Waals surface area (Å²) in [6.07, 6.45) is 1.00. The van der Waals surface area contributed by atoms with Crippen LogP contribution in [0, 0.1) is 0 Å². The van der Waals surface area contributed by atoms with E-state index in [1.807, 2.05) is 30.0 Å². The van der Waals surface area contributed by atoms with Gasteiger partial charge in [-0.25, -0.2) is 0 Å². The van der Waals surface area contributed by atoms with Crippen LogP contribution in [0.15, 0.2) is 30.3 Å². The molecule has 0 aliphatic carbocycles. The van der Waals surface area contributed by atoms with Crippen LogP contribution in [0.1, 0.15) is 12.0 Å². The molecule has 0 aliphatic rings. The van der Waals surface area contributed by atoms with Crippen molar-refractivity contribution in [2.75, 3.05) is 18.8 Å². The van der Waals surface area contributed by atoms with Crippen LogP contribution in [0.3, 0.4) is 0 Å². The summed E-state index contributed by atoms with van der Waals surface area (Å²) in [6.45, 7) is 0.831. The monoisotopic (exact) mass is 239 g/mol. The van der Waals surface area contributed by atoms with Crippen molar-refractivity contribution in [3.8, 4) is 0 Å². The van der Waals surface area contributed by atoms with Gasteiger partial charge in [0.2, 0.25) is 0 Å². The second kappa shape index (κ2) is 8.19. The van der Waals surface area contributed by atoms with Crippen LogP contribution in [0.25, 0.3) is 0 Å². The van der Waals surface area contributed by atoms with Crippen LogP contribution in [0.4, 0.5) is 0 Å². The summed E-state index contributed by atoms with van der Waals surface area (Å²) in [5.41, 5.74) is 1.34. The van der Waals surface area contributed by atoms with Crippen LogP contribution in [-0.2, 0) is 10.5 Å². The van der Waals surface area contributed by atoms with Gasteiger partial charge in [-0.3, -0.25) is 4.79 Å². The van der Waals surface area contributed by atoms with Crippen LogP contribution in [0.2, 0.25) is 0 Å². The lowest BCUT2D eigenvalue weighted by Gasteiger charge is -2.02. The average molecular weight is 239 g/mol. The molecule has 0 saturated carbocycles. The zero-order valence-corrected chi connectivity index (χ0v) is 10.0. The summed E-state index contributed by atoms with van der Waals surface area (Å²) in [7, 11) is 0. The fraction of sp³-hybridized carbons (Fsp3) is 0.417. The van der Waals surface area contributed by atoms with Crippen molar-refractivity contribution in [1.29, 1.82) is 0 Å². The van der Waals surface area contributed by atoms with E-state index in [0.29, 0.717) is 0 Å². The number of benzene rings is 1. The highest BCUT2D eigenvalue weighted by Crippen LogP contribution is 2.11. The van der Waals surface area contributed by atoms with E-state index in [2.05, 4.69) is 17.4 Å². The number of nitrogens with one attached hydrogen (secondary N) is 1. The number of carbonyl (C=O) groups is 1. The molecule has 1 aromatic carbocycles. The topological polar surface area (TPSA) is 49.3 Å². The molecular weight excluding hydrogens is 222 g/mol. The number of hydrogen-bond donors (Lipinski definition) is 2. The highest BCUT2D eigenvalue weighted by atomic mass is 32.2. The smallest absolute Gasteiger partial charge is 0.317 e. The molecule has 0 amide bonds. The van der Waals surface area contributed by atoms with E-state index in [-0.39, 0.29) is 6.54 Å². The Labute approximate surface area is 100 Å². The van der Waals surface area contributed by atoms with Crippen LogP contribution >= 0.6 is 11.8 Å². The number of rotatable bonds is 8. The van der Waals surface area contributed by atoms with Crippen molar-refractivity contribution in [2.45, 2.75) is 12.2 Å². The Kier molecular flexibility index (Phi) is 6.69. The standard InChI is InChI=1S/C12H17NO2S/c14-12(15)9-13-7-4-8-16-10-11-5-2-1-3-6-11/h1-3,5-6,13H,4,7-10H2,(H,14,15). The minimum Gasteiger partial charge on any atom is -0.480 e. The zero-order chi connectivity index (χ0) is 11.6. The van der Waals surface area contributed by atoms with Crippen LogP contribution in [-0.4, -0.2) is 29.9 Å². The lowest BCUT2D eigenvalue weighted by molar-refractivity contribution is -0.135. The second-order valence-electron chi connectivity index (χ2n) is 3.46. The fourth-order valence-electron chi connectivity index (χ4n) is 1.26. The maximum absolute atomic E-state index is 10.2. The number of thioether (sulfide) groups is 1. The Morgan fingerprint density at radius 3 is 2.75 bits per heavy atom. The largest absolute Gasteiger partial charge is 0.480 e. The van der Waals surface area contributed by atoms with E-state index >= 15 is 0 Å². The predicted molar refractivity (Wildman–Crippen MR) is 67.7 cm³/mol. The quantitative estimate of drug-likeness (QED) is 0.681. The van der Waals surface area contributed by atoms with Gasteiger partial charge in [-0.2, -0.15) is 11.8 Å². The molecule has 0 heterocycles. The van der Waals surface area contributed by atoms with Crippen molar-refractivity contribution in [2.24, 2.45) is 0 Å². The van der Waals surface area contributed by atoms with Gasteiger partial charge in [0.15, 0.2) is 0 Å². The second-order valence-corrected chi connectivity index (χ2v) is 4.57. The van der Waals surface area contributed by atoms with E-state index in [9.17, 15) is 4.79 Å². The Bertz CT molecular complexity index is 303. The average Bonchev–Trinajstić information content (AvgIpc) is 2.29. The molecule has 0 saturated heterocycles. The molecular formula is C12H17NO2S. The molecule has 0 bridgehead atoms. The third-order valence-electron chi connectivity index (χ3n) is 2.03. The Morgan fingerprint density at radius 2 is 2.06 bits per heavy atom. The van der Waals surface area contributed by atoms with Gasteiger partial charge in [0, 0.05) is 5.75 Å². The van der Waals surface area contributed by atoms with Crippen molar-refractivity contribution >= 4 is 17.7 Å². The summed E-state index contributed by atoms with van der Waals surface area (Å²) in [4.78, 5) is 10.2. The first-order valence-electron chi connectivity index (χ1n) is 5.33. The molecule has 4 heteroatoms. The predicted octanol–water partition coefficient (Wildman–Crippen LogP) is 1.98. The molecule has 1 aromatic rings. The summed E-state index contributed by atoms with van der Waals surface area (Å²) < 4.78 is 0. The molecule has 3 nitrogen and oxygen atoms in total. The lowest BCUT2D eigenvalue weighted by Crippen LogP contribution is -2.23. The van der Waals surface area contributed by atoms with Crippen LogP contribution < -0.4 is 5.32 Å². The summed E-state index contributed by atoms with van der Waals surface area (Å²) >= 11 is 1.88. The van der Waals surface area contributed by atoms with Gasteiger partial charge in [-0.05, 0) is 24.3 Å². The maximum Gasteiger partial charge on any atom is 0.317 e. The summed E-state index contributed by atoms with van der Waals surface area (Å²) in [6, 6.07) is 10.4. The van der Waals surface area contributed by atoms with Crippen molar-refractivity contribution in [1.82, 2.24) is 5.32 Å². The number of carboxylic acid groups (broad SMARTS) is 1. The van der Waals surface area contributed by atoms with Gasteiger partial charge in [0.1, 0.15) is 0 Å². The van der Waals surface area contributed by atoms with E-state index < -0.39 is 5.97 Å². The Morgan fingerprint density at radius 1 is 1.31 bits per heavy atom. The third-order valence-corrected chi connectivity index (χ3v) is 3.14. The van der Waals surface area contributed by atoms with Gasteiger partial charge in [-0.1, -0.05) is 30.3 Å². The molecule has 0 atom stereocenters. The van der Waals surface area contributed by atoms with Crippen LogP contribution in [0.5, 0.6) is 0 Å². The van der Waals surface area contributed by atoms with Crippen molar-refractivity contribution in [3.63, 3.8) is 0 Å². The zero-order valence-electron chi connectivity index (χ0n) is 9.19. The van der Waals surface area contributed by atoms with Gasteiger partial charge >= 0.3 is 5.97 Å². The minimum absolute atomic E-state index is 0.0589. The minimum atomic E-state index is -0.795. The molecule has 2 N–H and O–H groups in total. The SMILES string of the molecule is O=C(O)CNCCCSCc1ccccc1. The van der Waals surface area contributed by atoms with Crippen molar-refractivity contribution < 1.29 is 9.90 Å². The molecule has 0 radical (unpaired) electrons. The molecule has 16 heavy (non-hydrogen) atoms. The molecule has 0 aromatic heterocycles.